The van der Waals surface area contributed by atoms with Crippen LogP contribution in [0.25, 0.3) is 11.0 Å². The number of fused-ring (bicyclic) bond motifs is 1. The molecular weight excluding hydrogens is 230 g/mol. The van der Waals surface area contributed by atoms with Gasteiger partial charge in [0.25, 0.3) is 5.92 Å². The van der Waals surface area contributed by atoms with Crippen LogP contribution in [-0.2, 0) is 10.7 Å². The molecule has 90 valence electrons. The summed E-state index contributed by atoms with van der Waals surface area (Å²) >= 11 is 0. The van der Waals surface area contributed by atoms with Crippen LogP contribution in [0.15, 0.2) is 18.2 Å². The number of alkyl halides is 2. The first kappa shape index (κ1) is 11.5. The van der Waals surface area contributed by atoms with E-state index in [-0.39, 0.29) is 5.56 Å². The Balaban J connectivity index is 2.44. The quantitative estimate of drug-likeness (QED) is 0.865. The van der Waals surface area contributed by atoms with Crippen LogP contribution >= 0.6 is 0 Å². The molecule has 4 nitrogen and oxygen atoms in total. The Hall–Kier alpha value is -1.98. The Bertz CT molecular complexity index is 578. The molecule has 6 heteroatoms. The summed E-state index contributed by atoms with van der Waals surface area (Å²) in [6, 6.07) is 3.88. The van der Waals surface area contributed by atoms with Crippen LogP contribution in [0.4, 0.5) is 8.78 Å². The monoisotopic (exact) mass is 240 g/mol. The summed E-state index contributed by atoms with van der Waals surface area (Å²) in [5.74, 6) is -4.28. The molecule has 0 aliphatic heterocycles. The number of imidazole rings is 1. The van der Waals surface area contributed by atoms with Crippen molar-refractivity contribution in [2.75, 3.05) is 0 Å². The number of nitrogens with zero attached hydrogens (tertiary/aromatic N) is 1. The van der Waals surface area contributed by atoms with Crippen molar-refractivity contribution in [1.82, 2.24) is 9.97 Å². The maximum Gasteiger partial charge on any atom is 0.309 e. The molecule has 0 unspecified atom stereocenters. The van der Waals surface area contributed by atoms with Gasteiger partial charge in [-0.15, -0.1) is 0 Å². The number of halogens is 2. The highest BCUT2D eigenvalue weighted by Crippen LogP contribution is 2.32. The molecule has 0 radical (unpaired) electrons. The van der Waals surface area contributed by atoms with Gasteiger partial charge in [0.1, 0.15) is 12.2 Å². The average molecular weight is 240 g/mol. The second-order valence-corrected chi connectivity index (χ2v) is 3.83. The zero-order valence-electron chi connectivity index (χ0n) is 9.00. The zero-order chi connectivity index (χ0) is 12.6. The van der Waals surface area contributed by atoms with Crippen molar-refractivity contribution >= 4 is 17.0 Å². The lowest BCUT2D eigenvalue weighted by atomic mass is 10.1. The SMILES string of the molecule is Cc1nc2ccc(C(F)(F)CC(=O)O)cc2[nH]1. The first-order valence-electron chi connectivity index (χ1n) is 4.95. The Labute approximate surface area is 95.3 Å². The Kier molecular flexibility index (Phi) is 2.57. The van der Waals surface area contributed by atoms with E-state index in [1.54, 1.807) is 6.92 Å². The molecule has 17 heavy (non-hydrogen) atoms. The summed E-state index contributed by atoms with van der Waals surface area (Å²) < 4.78 is 27.1. The van der Waals surface area contributed by atoms with Crippen molar-refractivity contribution in [3.8, 4) is 0 Å². The number of rotatable bonds is 3. The normalized spacial score (nSPS) is 11.9. The van der Waals surface area contributed by atoms with Crippen molar-refractivity contribution in [1.29, 1.82) is 0 Å². The number of carboxylic acids is 1. The molecular formula is C11H10F2N2O2. The van der Waals surface area contributed by atoms with Crippen LogP contribution in [0.1, 0.15) is 17.8 Å². The number of hydrogen-bond acceptors (Lipinski definition) is 2. The maximum absolute atomic E-state index is 13.5. The second-order valence-electron chi connectivity index (χ2n) is 3.83. The van der Waals surface area contributed by atoms with Crippen molar-refractivity contribution < 1.29 is 18.7 Å². The molecule has 2 rings (SSSR count). The van der Waals surface area contributed by atoms with Crippen LogP contribution in [0.3, 0.4) is 0 Å². The van der Waals surface area contributed by atoms with Crippen molar-refractivity contribution in [3.63, 3.8) is 0 Å². The van der Waals surface area contributed by atoms with E-state index in [0.717, 1.165) is 0 Å². The van der Waals surface area contributed by atoms with Crippen LogP contribution in [0.5, 0.6) is 0 Å². The predicted octanol–water partition coefficient (Wildman–Crippen LogP) is 2.44. The number of carboxylic acid groups (broad SMARTS) is 1. The molecule has 1 heterocycles. The van der Waals surface area contributed by atoms with Crippen LogP contribution in [0, 0.1) is 6.92 Å². The molecule has 0 saturated heterocycles. The fourth-order valence-corrected chi connectivity index (χ4v) is 1.66. The van der Waals surface area contributed by atoms with Crippen LogP contribution in [0.2, 0.25) is 0 Å². The van der Waals surface area contributed by atoms with E-state index in [0.29, 0.717) is 16.9 Å². The summed E-state index contributed by atoms with van der Waals surface area (Å²) in [6.07, 6.45) is -1.22. The number of H-pyrrole nitrogens is 1. The summed E-state index contributed by atoms with van der Waals surface area (Å²) in [6.45, 7) is 1.72. The highest BCUT2D eigenvalue weighted by molar-refractivity contribution is 5.76. The van der Waals surface area contributed by atoms with Gasteiger partial charge in [-0.25, -0.2) is 13.8 Å². The molecule has 0 aliphatic carbocycles. The van der Waals surface area contributed by atoms with Gasteiger partial charge in [0.15, 0.2) is 0 Å². The van der Waals surface area contributed by atoms with Crippen LogP contribution in [-0.4, -0.2) is 21.0 Å². The largest absolute Gasteiger partial charge is 0.481 e. The topological polar surface area (TPSA) is 66.0 Å². The molecule has 0 bridgehead atoms. The van der Waals surface area contributed by atoms with Gasteiger partial charge in [-0.05, 0) is 19.1 Å². The third-order valence-electron chi connectivity index (χ3n) is 2.40. The molecule has 1 aromatic heterocycles. The summed E-state index contributed by atoms with van der Waals surface area (Å²) in [5.41, 5.74) is 0.735. The summed E-state index contributed by atoms with van der Waals surface area (Å²) in [5, 5.41) is 8.43. The molecule has 0 saturated carbocycles. The Morgan fingerprint density at radius 2 is 2.24 bits per heavy atom. The summed E-state index contributed by atoms with van der Waals surface area (Å²) in [7, 11) is 0. The molecule has 2 N–H and O–H groups in total. The molecule has 0 spiro atoms. The molecule has 0 atom stereocenters. The lowest BCUT2D eigenvalue weighted by molar-refractivity contribution is -0.145. The number of aromatic nitrogens is 2. The third kappa shape index (κ3) is 2.25. The first-order valence-corrected chi connectivity index (χ1v) is 4.95. The predicted molar refractivity (Wildman–Crippen MR) is 57.0 cm³/mol. The van der Waals surface area contributed by atoms with Crippen LogP contribution < -0.4 is 0 Å². The molecule has 0 amide bonds. The van der Waals surface area contributed by atoms with E-state index in [4.69, 9.17) is 5.11 Å². The second kappa shape index (κ2) is 3.80. The minimum atomic E-state index is -3.38. The van der Waals surface area contributed by atoms with Gasteiger partial charge in [0.2, 0.25) is 0 Å². The Morgan fingerprint density at radius 1 is 1.53 bits per heavy atom. The molecule has 2 aromatic rings. The van der Waals surface area contributed by atoms with Gasteiger partial charge in [0, 0.05) is 5.56 Å². The van der Waals surface area contributed by atoms with Gasteiger partial charge in [-0.2, -0.15) is 0 Å². The number of carbonyl (C=O) groups is 1. The average Bonchev–Trinajstić information content (AvgIpc) is 2.54. The highest BCUT2D eigenvalue weighted by atomic mass is 19.3. The third-order valence-corrected chi connectivity index (χ3v) is 2.40. The number of aliphatic carboxylic acids is 1. The van der Waals surface area contributed by atoms with Gasteiger partial charge in [-0.3, -0.25) is 4.79 Å². The Morgan fingerprint density at radius 3 is 2.88 bits per heavy atom. The number of benzene rings is 1. The smallest absolute Gasteiger partial charge is 0.309 e. The minimum Gasteiger partial charge on any atom is -0.481 e. The number of aryl methyl sites for hydroxylation is 1. The maximum atomic E-state index is 13.5. The fourth-order valence-electron chi connectivity index (χ4n) is 1.66. The van der Waals surface area contributed by atoms with Gasteiger partial charge in [0.05, 0.1) is 11.0 Å². The minimum absolute atomic E-state index is 0.323. The van der Waals surface area contributed by atoms with E-state index in [9.17, 15) is 13.6 Å². The van der Waals surface area contributed by atoms with E-state index in [1.165, 1.54) is 18.2 Å². The summed E-state index contributed by atoms with van der Waals surface area (Å²) in [4.78, 5) is 17.3. The van der Waals surface area contributed by atoms with E-state index in [1.807, 2.05) is 0 Å². The molecule has 1 aromatic carbocycles. The highest BCUT2D eigenvalue weighted by Gasteiger charge is 2.34. The van der Waals surface area contributed by atoms with E-state index < -0.39 is 18.3 Å². The standard InChI is InChI=1S/C11H10F2N2O2/c1-6-14-8-3-2-7(4-9(8)15-6)11(12,13)5-10(16)17/h2-4H,5H2,1H3,(H,14,15)(H,16,17). The first-order chi connectivity index (χ1) is 7.88. The molecule has 0 aliphatic rings. The van der Waals surface area contributed by atoms with Crippen molar-refractivity contribution in [3.05, 3.63) is 29.6 Å². The number of aromatic amines is 1. The fraction of sp³-hybridized carbons (Fsp3) is 0.273. The van der Waals surface area contributed by atoms with E-state index >= 15 is 0 Å². The number of hydrogen-bond donors (Lipinski definition) is 2. The van der Waals surface area contributed by atoms with Gasteiger partial charge in [-0.1, -0.05) is 6.07 Å². The zero-order valence-corrected chi connectivity index (χ0v) is 9.00. The van der Waals surface area contributed by atoms with Gasteiger partial charge < -0.3 is 10.1 Å². The van der Waals surface area contributed by atoms with Gasteiger partial charge >= 0.3 is 5.97 Å². The van der Waals surface area contributed by atoms with E-state index in [2.05, 4.69) is 9.97 Å². The van der Waals surface area contributed by atoms with Crippen molar-refractivity contribution in [2.24, 2.45) is 0 Å². The molecule has 0 fully saturated rings. The van der Waals surface area contributed by atoms with Crippen molar-refractivity contribution in [2.45, 2.75) is 19.3 Å². The number of nitrogens with one attached hydrogen (secondary N) is 1. The lowest BCUT2D eigenvalue weighted by Crippen LogP contribution is -2.18. The lowest BCUT2D eigenvalue weighted by Gasteiger charge is -2.13.